The zero-order valence-electron chi connectivity index (χ0n) is 8.88. The molecule has 76 valence electrons. The average Bonchev–Trinajstić information content (AvgIpc) is 2.83. The van der Waals surface area contributed by atoms with Gasteiger partial charge in [-0.15, -0.1) is 0 Å². The molecule has 0 aliphatic heterocycles. The summed E-state index contributed by atoms with van der Waals surface area (Å²) in [6.07, 6.45) is 3.69. The van der Waals surface area contributed by atoms with Gasteiger partial charge in [0.25, 0.3) is 0 Å². The lowest BCUT2D eigenvalue weighted by molar-refractivity contribution is -0.147. The third-order valence-corrected chi connectivity index (χ3v) is 2.80. The second kappa shape index (κ2) is 4.64. The standard InChI is InChI=1S/C11H20O2/c1-4-9-7-10(9)5-6-13-11(12)8(2)3/h8-10H,4-7H2,1-3H3. The van der Waals surface area contributed by atoms with Gasteiger partial charge in [0.15, 0.2) is 0 Å². The molecule has 0 aromatic rings. The van der Waals surface area contributed by atoms with Crippen molar-refractivity contribution >= 4 is 5.97 Å². The molecule has 0 heterocycles. The quantitative estimate of drug-likeness (QED) is 0.614. The summed E-state index contributed by atoms with van der Waals surface area (Å²) in [4.78, 5) is 11.1. The molecule has 0 bridgehead atoms. The van der Waals surface area contributed by atoms with Crippen molar-refractivity contribution in [1.82, 2.24) is 0 Å². The van der Waals surface area contributed by atoms with E-state index in [0.717, 1.165) is 18.3 Å². The molecule has 0 amide bonds. The summed E-state index contributed by atoms with van der Waals surface area (Å²) >= 11 is 0. The van der Waals surface area contributed by atoms with Crippen LogP contribution in [0.1, 0.15) is 40.0 Å². The number of esters is 1. The molecule has 1 rings (SSSR count). The average molecular weight is 184 g/mol. The lowest BCUT2D eigenvalue weighted by Gasteiger charge is -2.06. The van der Waals surface area contributed by atoms with Crippen LogP contribution in [0.4, 0.5) is 0 Å². The van der Waals surface area contributed by atoms with E-state index in [-0.39, 0.29) is 11.9 Å². The van der Waals surface area contributed by atoms with E-state index in [9.17, 15) is 4.79 Å². The summed E-state index contributed by atoms with van der Waals surface area (Å²) in [5.74, 6) is 1.71. The SMILES string of the molecule is CCC1CC1CCOC(=O)C(C)C. The summed E-state index contributed by atoms with van der Waals surface area (Å²) in [7, 11) is 0. The molecule has 2 nitrogen and oxygen atoms in total. The molecule has 2 atom stereocenters. The van der Waals surface area contributed by atoms with Crippen LogP contribution < -0.4 is 0 Å². The van der Waals surface area contributed by atoms with Gasteiger partial charge in [-0.05, 0) is 24.7 Å². The molecule has 1 saturated carbocycles. The van der Waals surface area contributed by atoms with Gasteiger partial charge in [-0.2, -0.15) is 0 Å². The first-order valence-corrected chi connectivity index (χ1v) is 5.31. The largest absolute Gasteiger partial charge is 0.465 e. The molecule has 1 aliphatic rings. The number of carbonyl (C=O) groups excluding carboxylic acids is 1. The minimum Gasteiger partial charge on any atom is -0.465 e. The number of hydrogen-bond donors (Lipinski definition) is 0. The summed E-state index contributed by atoms with van der Waals surface area (Å²) in [6.45, 7) is 6.59. The fourth-order valence-electron chi connectivity index (χ4n) is 1.64. The van der Waals surface area contributed by atoms with Crippen LogP contribution in [0.2, 0.25) is 0 Å². The number of ether oxygens (including phenoxy) is 1. The first-order valence-electron chi connectivity index (χ1n) is 5.31. The van der Waals surface area contributed by atoms with Gasteiger partial charge in [0.1, 0.15) is 0 Å². The molecule has 0 aromatic heterocycles. The molecular formula is C11H20O2. The first-order chi connectivity index (χ1) is 6.15. The highest BCUT2D eigenvalue weighted by Gasteiger charge is 2.34. The maximum atomic E-state index is 11.1. The van der Waals surface area contributed by atoms with Crippen molar-refractivity contribution in [3.8, 4) is 0 Å². The Balaban J connectivity index is 1.99. The number of carbonyl (C=O) groups is 1. The zero-order valence-corrected chi connectivity index (χ0v) is 8.88. The summed E-state index contributed by atoms with van der Waals surface area (Å²) < 4.78 is 5.11. The van der Waals surface area contributed by atoms with Gasteiger partial charge >= 0.3 is 5.97 Å². The molecule has 2 heteroatoms. The predicted octanol–water partition coefficient (Wildman–Crippen LogP) is 2.62. The Morgan fingerprint density at radius 2 is 2.15 bits per heavy atom. The van der Waals surface area contributed by atoms with Gasteiger partial charge in [0, 0.05) is 0 Å². The maximum Gasteiger partial charge on any atom is 0.308 e. The Morgan fingerprint density at radius 1 is 1.46 bits per heavy atom. The van der Waals surface area contributed by atoms with Crippen LogP contribution in [0.15, 0.2) is 0 Å². The Bertz CT molecular complexity index is 175. The van der Waals surface area contributed by atoms with E-state index < -0.39 is 0 Å². The molecule has 1 aliphatic carbocycles. The van der Waals surface area contributed by atoms with Crippen LogP contribution in [-0.4, -0.2) is 12.6 Å². The Labute approximate surface area is 80.7 Å². The fraction of sp³-hybridized carbons (Fsp3) is 0.909. The molecule has 0 spiro atoms. The predicted molar refractivity (Wildman–Crippen MR) is 52.3 cm³/mol. The minimum absolute atomic E-state index is 0.0150. The van der Waals surface area contributed by atoms with Crippen LogP contribution in [0.3, 0.4) is 0 Å². The van der Waals surface area contributed by atoms with Gasteiger partial charge in [-0.3, -0.25) is 4.79 Å². The van der Waals surface area contributed by atoms with E-state index in [1.165, 1.54) is 12.8 Å². The normalized spacial score (nSPS) is 26.2. The topological polar surface area (TPSA) is 26.3 Å². The van der Waals surface area contributed by atoms with E-state index in [4.69, 9.17) is 4.74 Å². The maximum absolute atomic E-state index is 11.1. The van der Waals surface area contributed by atoms with Crippen molar-refractivity contribution in [2.45, 2.75) is 40.0 Å². The summed E-state index contributed by atoms with van der Waals surface area (Å²) in [6, 6.07) is 0. The molecule has 13 heavy (non-hydrogen) atoms. The lowest BCUT2D eigenvalue weighted by Crippen LogP contribution is -2.12. The summed E-state index contributed by atoms with van der Waals surface area (Å²) in [5, 5.41) is 0. The highest BCUT2D eigenvalue weighted by molar-refractivity contribution is 5.71. The third kappa shape index (κ3) is 3.37. The molecule has 0 aromatic carbocycles. The fourth-order valence-corrected chi connectivity index (χ4v) is 1.64. The van der Waals surface area contributed by atoms with Gasteiger partial charge < -0.3 is 4.74 Å². The van der Waals surface area contributed by atoms with Crippen LogP contribution in [0.25, 0.3) is 0 Å². The van der Waals surface area contributed by atoms with E-state index in [2.05, 4.69) is 6.92 Å². The van der Waals surface area contributed by atoms with E-state index >= 15 is 0 Å². The van der Waals surface area contributed by atoms with E-state index in [1.54, 1.807) is 0 Å². The van der Waals surface area contributed by atoms with Gasteiger partial charge in [-0.1, -0.05) is 27.2 Å². The molecule has 0 N–H and O–H groups in total. The second-order valence-corrected chi connectivity index (χ2v) is 4.27. The molecule has 1 fully saturated rings. The van der Waals surface area contributed by atoms with Gasteiger partial charge in [0.2, 0.25) is 0 Å². The van der Waals surface area contributed by atoms with Crippen LogP contribution in [0, 0.1) is 17.8 Å². The Hall–Kier alpha value is -0.530. The Morgan fingerprint density at radius 3 is 2.62 bits per heavy atom. The Kier molecular flexibility index (Phi) is 3.76. The van der Waals surface area contributed by atoms with Crippen LogP contribution >= 0.6 is 0 Å². The molecule has 0 saturated heterocycles. The van der Waals surface area contributed by atoms with Crippen LogP contribution in [-0.2, 0) is 9.53 Å². The molecule has 2 unspecified atom stereocenters. The number of hydrogen-bond acceptors (Lipinski definition) is 2. The van der Waals surface area contributed by atoms with E-state index in [0.29, 0.717) is 6.61 Å². The highest BCUT2D eigenvalue weighted by atomic mass is 16.5. The van der Waals surface area contributed by atoms with Crippen LogP contribution in [0.5, 0.6) is 0 Å². The van der Waals surface area contributed by atoms with Crippen molar-refractivity contribution in [2.24, 2.45) is 17.8 Å². The van der Waals surface area contributed by atoms with Crippen molar-refractivity contribution in [2.75, 3.05) is 6.61 Å². The summed E-state index contributed by atoms with van der Waals surface area (Å²) in [5.41, 5.74) is 0. The minimum atomic E-state index is -0.0614. The van der Waals surface area contributed by atoms with Gasteiger partial charge in [0.05, 0.1) is 12.5 Å². The van der Waals surface area contributed by atoms with Crippen molar-refractivity contribution < 1.29 is 9.53 Å². The molecule has 0 radical (unpaired) electrons. The second-order valence-electron chi connectivity index (χ2n) is 4.27. The first kappa shape index (κ1) is 10.6. The third-order valence-electron chi connectivity index (χ3n) is 2.80. The van der Waals surface area contributed by atoms with Crippen molar-refractivity contribution in [3.05, 3.63) is 0 Å². The highest BCUT2D eigenvalue weighted by Crippen LogP contribution is 2.43. The number of rotatable bonds is 5. The van der Waals surface area contributed by atoms with Crippen molar-refractivity contribution in [1.29, 1.82) is 0 Å². The molecular weight excluding hydrogens is 164 g/mol. The smallest absolute Gasteiger partial charge is 0.308 e. The van der Waals surface area contributed by atoms with Crippen molar-refractivity contribution in [3.63, 3.8) is 0 Å². The monoisotopic (exact) mass is 184 g/mol. The lowest BCUT2D eigenvalue weighted by atomic mass is 10.2. The van der Waals surface area contributed by atoms with E-state index in [1.807, 2.05) is 13.8 Å². The van der Waals surface area contributed by atoms with Gasteiger partial charge in [-0.25, -0.2) is 0 Å². The zero-order chi connectivity index (χ0) is 9.84.